The monoisotopic (exact) mass is 412 g/mol. The van der Waals surface area contributed by atoms with E-state index in [9.17, 15) is 8.42 Å². The van der Waals surface area contributed by atoms with E-state index >= 15 is 0 Å². The van der Waals surface area contributed by atoms with E-state index in [4.69, 9.17) is 9.47 Å². The van der Waals surface area contributed by atoms with E-state index in [0.29, 0.717) is 34.8 Å². The lowest BCUT2D eigenvalue weighted by atomic mass is 10.2. The third-order valence-electron chi connectivity index (χ3n) is 3.42. The molecule has 0 atom stereocenters. The molecule has 0 spiro atoms. The molecule has 0 unspecified atom stereocenters. The minimum absolute atomic E-state index is 0.230. The van der Waals surface area contributed by atoms with Crippen molar-refractivity contribution < 1.29 is 17.9 Å². The molecule has 1 aromatic heterocycles. The van der Waals surface area contributed by atoms with Crippen LogP contribution in [0.25, 0.3) is 0 Å². The molecule has 0 bridgehead atoms. The Hall–Kier alpha value is -2.30. The number of anilines is 1. The highest BCUT2D eigenvalue weighted by Crippen LogP contribution is 2.30. The lowest BCUT2D eigenvalue weighted by Crippen LogP contribution is -2.37. The van der Waals surface area contributed by atoms with Gasteiger partial charge in [-0.1, -0.05) is 6.07 Å². The van der Waals surface area contributed by atoms with Crippen LogP contribution < -0.4 is 24.8 Å². The number of methoxy groups -OCH3 is 1. The number of aliphatic imine (C=N–C) groups is 1. The molecule has 8 nitrogen and oxygen atoms in total. The van der Waals surface area contributed by atoms with E-state index in [1.54, 1.807) is 37.7 Å². The van der Waals surface area contributed by atoms with Crippen LogP contribution in [0.3, 0.4) is 0 Å². The number of nitrogens with one attached hydrogen (secondary N) is 3. The van der Waals surface area contributed by atoms with Crippen molar-refractivity contribution in [3.63, 3.8) is 0 Å². The Kier molecular flexibility index (Phi) is 7.89. The molecule has 0 fully saturated rings. The van der Waals surface area contributed by atoms with Gasteiger partial charge in [-0.15, -0.1) is 11.3 Å². The number of nitrogens with zero attached hydrogens (tertiary/aromatic N) is 1. The second kappa shape index (κ2) is 10.1. The van der Waals surface area contributed by atoms with E-state index in [2.05, 4.69) is 20.3 Å². The Bertz CT molecular complexity index is 852. The summed E-state index contributed by atoms with van der Waals surface area (Å²) in [6, 6.07) is 8.74. The highest BCUT2D eigenvalue weighted by molar-refractivity contribution is 7.91. The van der Waals surface area contributed by atoms with Crippen LogP contribution in [0.1, 0.15) is 6.92 Å². The fourth-order valence-electron chi connectivity index (χ4n) is 2.19. The minimum Gasteiger partial charge on any atom is -0.493 e. The number of ether oxygens (including phenoxy) is 2. The molecule has 27 heavy (non-hydrogen) atoms. The summed E-state index contributed by atoms with van der Waals surface area (Å²) in [7, 11) is -0.248. The topological polar surface area (TPSA) is 101 Å². The summed E-state index contributed by atoms with van der Waals surface area (Å²) in [5, 5.41) is 7.91. The minimum atomic E-state index is -3.46. The zero-order valence-corrected chi connectivity index (χ0v) is 17.1. The smallest absolute Gasteiger partial charge is 0.250 e. The average molecular weight is 413 g/mol. The maximum Gasteiger partial charge on any atom is 0.250 e. The van der Waals surface area contributed by atoms with E-state index in [-0.39, 0.29) is 6.54 Å². The maximum absolute atomic E-state index is 12.1. The van der Waals surface area contributed by atoms with E-state index < -0.39 is 10.0 Å². The van der Waals surface area contributed by atoms with Crippen molar-refractivity contribution >= 4 is 33.0 Å². The molecule has 0 radical (unpaired) electrons. The van der Waals surface area contributed by atoms with Crippen molar-refractivity contribution in [3.05, 3.63) is 35.7 Å². The summed E-state index contributed by atoms with van der Waals surface area (Å²) >= 11 is 1.18. The van der Waals surface area contributed by atoms with Gasteiger partial charge in [-0.25, -0.2) is 13.1 Å². The van der Waals surface area contributed by atoms with Crippen LogP contribution in [-0.2, 0) is 10.0 Å². The van der Waals surface area contributed by atoms with Gasteiger partial charge in [0.25, 0.3) is 0 Å². The van der Waals surface area contributed by atoms with Crippen molar-refractivity contribution in [1.82, 2.24) is 10.0 Å². The first-order chi connectivity index (χ1) is 13.0. The van der Waals surface area contributed by atoms with Crippen molar-refractivity contribution in [2.24, 2.45) is 4.99 Å². The molecule has 2 aromatic rings. The third-order valence-corrected chi connectivity index (χ3v) is 6.28. The third kappa shape index (κ3) is 6.12. The molecule has 0 amide bonds. The number of benzene rings is 1. The highest BCUT2D eigenvalue weighted by atomic mass is 32.2. The van der Waals surface area contributed by atoms with Gasteiger partial charge in [0.1, 0.15) is 4.21 Å². The predicted molar refractivity (Wildman–Crippen MR) is 109 cm³/mol. The second-order valence-electron chi connectivity index (χ2n) is 5.25. The van der Waals surface area contributed by atoms with Crippen LogP contribution in [-0.4, -0.2) is 48.2 Å². The summed E-state index contributed by atoms with van der Waals surface area (Å²) in [6.07, 6.45) is 0. The number of thiophene rings is 1. The van der Waals surface area contributed by atoms with Crippen molar-refractivity contribution in [2.45, 2.75) is 11.1 Å². The number of guanidine groups is 1. The number of hydrogen-bond acceptors (Lipinski definition) is 6. The van der Waals surface area contributed by atoms with Gasteiger partial charge in [-0.05, 0) is 30.5 Å². The van der Waals surface area contributed by atoms with Crippen LogP contribution in [0.15, 0.2) is 44.9 Å². The van der Waals surface area contributed by atoms with Crippen LogP contribution in [0.5, 0.6) is 11.5 Å². The zero-order chi connectivity index (χ0) is 19.7. The molecule has 0 saturated heterocycles. The van der Waals surface area contributed by atoms with E-state index in [1.807, 2.05) is 19.1 Å². The van der Waals surface area contributed by atoms with E-state index in [0.717, 1.165) is 5.69 Å². The Morgan fingerprint density at radius 2 is 2.04 bits per heavy atom. The molecular weight excluding hydrogens is 388 g/mol. The predicted octanol–water partition coefficient (Wildman–Crippen LogP) is 2.12. The summed E-state index contributed by atoms with van der Waals surface area (Å²) in [5.74, 6) is 1.79. The molecule has 148 valence electrons. The molecule has 0 aliphatic heterocycles. The van der Waals surface area contributed by atoms with Crippen LogP contribution >= 0.6 is 11.3 Å². The molecule has 10 heteroatoms. The second-order valence-corrected chi connectivity index (χ2v) is 8.19. The summed E-state index contributed by atoms with van der Waals surface area (Å²) in [6.45, 7) is 3.06. The van der Waals surface area contributed by atoms with Crippen molar-refractivity contribution in [2.75, 3.05) is 39.2 Å². The standard InChI is InChI=1S/C17H24N4O4S2/c1-4-25-14-8-7-13(12-15(14)24-3)21-17(18-2)19-9-10-20-27(22,23)16-6-5-11-26-16/h5-8,11-12,20H,4,9-10H2,1-3H3,(H2,18,19,21). The Balaban J connectivity index is 1.87. The van der Waals surface area contributed by atoms with E-state index in [1.165, 1.54) is 11.3 Å². The van der Waals surface area contributed by atoms with Gasteiger partial charge >= 0.3 is 0 Å². The Labute approximate surface area is 163 Å². The largest absolute Gasteiger partial charge is 0.493 e. The summed E-state index contributed by atoms with van der Waals surface area (Å²) in [4.78, 5) is 4.13. The number of rotatable bonds is 9. The van der Waals surface area contributed by atoms with Gasteiger partial charge in [-0.2, -0.15) is 0 Å². The molecule has 0 aliphatic carbocycles. The normalized spacial score (nSPS) is 11.9. The van der Waals surface area contributed by atoms with Crippen LogP contribution in [0, 0.1) is 0 Å². The van der Waals surface area contributed by atoms with Gasteiger partial charge in [0.2, 0.25) is 10.0 Å². The number of sulfonamides is 1. The first-order valence-electron chi connectivity index (χ1n) is 8.31. The number of hydrogen-bond donors (Lipinski definition) is 3. The molecule has 0 aliphatic rings. The van der Waals surface area contributed by atoms with Crippen molar-refractivity contribution in [1.29, 1.82) is 0 Å². The molecule has 1 aromatic carbocycles. The maximum atomic E-state index is 12.1. The Morgan fingerprint density at radius 3 is 2.67 bits per heavy atom. The first-order valence-corrected chi connectivity index (χ1v) is 10.7. The molecular formula is C17H24N4O4S2. The first kappa shape index (κ1) is 21.0. The lowest BCUT2D eigenvalue weighted by Gasteiger charge is -2.14. The quantitative estimate of drug-likeness (QED) is 0.331. The van der Waals surface area contributed by atoms with Gasteiger partial charge in [-0.3, -0.25) is 4.99 Å². The van der Waals surface area contributed by atoms with Gasteiger partial charge in [0.05, 0.1) is 13.7 Å². The molecule has 2 rings (SSSR count). The van der Waals surface area contributed by atoms with Crippen LogP contribution in [0.4, 0.5) is 5.69 Å². The summed E-state index contributed by atoms with van der Waals surface area (Å²) < 4.78 is 37.8. The van der Waals surface area contributed by atoms with Gasteiger partial charge in [0.15, 0.2) is 17.5 Å². The van der Waals surface area contributed by atoms with Crippen molar-refractivity contribution in [3.8, 4) is 11.5 Å². The Morgan fingerprint density at radius 1 is 1.22 bits per heavy atom. The fourth-order valence-corrected chi connectivity index (χ4v) is 4.26. The average Bonchev–Trinajstić information content (AvgIpc) is 3.21. The highest BCUT2D eigenvalue weighted by Gasteiger charge is 2.14. The fraction of sp³-hybridized carbons (Fsp3) is 0.353. The molecule has 0 saturated carbocycles. The van der Waals surface area contributed by atoms with Gasteiger partial charge < -0.3 is 20.1 Å². The van der Waals surface area contributed by atoms with Gasteiger partial charge in [0, 0.05) is 31.9 Å². The zero-order valence-electron chi connectivity index (χ0n) is 15.5. The SMILES string of the molecule is CCOc1ccc(NC(=NC)NCCNS(=O)(=O)c2cccs2)cc1OC. The lowest BCUT2D eigenvalue weighted by molar-refractivity contribution is 0.311. The molecule has 3 N–H and O–H groups in total. The van der Waals surface area contributed by atoms with Crippen LogP contribution in [0.2, 0.25) is 0 Å². The molecule has 1 heterocycles. The summed E-state index contributed by atoms with van der Waals surface area (Å²) in [5.41, 5.74) is 0.766.